The Labute approximate surface area is 146 Å². The predicted molar refractivity (Wildman–Crippen MR) is 101 cm³/mol. The molecule has 0 radical (unpaired) electrons. The monoisotopic (exact) mass is 341 g/mol. The number of aryl methyl sites for hydroxylation is 1. The number of fused-ring (bicyclic) bond motifs is 1. The van der Waals surface area contributed by atoms with Gasteiger partial charge in [-0.3, -0.25) is 4.79 Å². The van der Waals surface area contributed by atoms with E-state index < -0.39 is 0 Å². The summed E-state index contributed by atoms with van der Waals surface area (Å²) in [4.78, 5) is 18.8. The van der Waals surface area contributed by atoms with Crippen LogP contribution in [0.4, 0.5) is 0 Å². The molecule has 0 atom stereocenters. The molecule has 0 fully saturated rings. The van der Waals surface area contributed by atoms with E-state index in [1.54, 1.807) is 0 Å². The van der Waals surface area contributed by atoms with Crippen LogP contribution in [0, 0.1) is 0 Å². The average molecular weight is 341 g/mol. The summed E-state index contributed by atoms with van der Waals surface area (Å²) in [6, 6.07) is 12.1. The van der Waals surface area contributed by atoms with Crippen LogP contribution < -0.4 is 5.32 Å². The van der Waals surface area contributed by atoms with E-state index in [9.17, 15) is 4.79 Å². The van der Waals surface area contributed by atoms with Gasteiger partial charge in [0.25, 0.3) is 5.91 Å². The van der Waals surface area contributed by atoms with Crippen LogP contribution in [0.15, 0.2) is 36.4 Å². The number of hydrogen-bond acceptors (Lipinski definition) is 3. The van der Waals surface area contributed by atoms with Crippen LogP contribution in [0.25, 0.3) is 21.7 Å². The van der Waals surface area contributed by atoms with Crippen molar-refractivity contribution in [1.82, 2.24) is 14.9 Å². The highest BCUT2D eigenvalue weighted by molar-refractivity contribution is 7.17. The highest BCUT2D eigenvalue weighted by atomic mass is 32.1. The van der Waals surface area contributed by atoms with E-state index >= 15 is 0 Å². The van der Waals surface area contributed by atoms with Crippen LogP contribution in [0.2, 0.25) is 0 Å². The second-order valence-electron chi connectivity index (χ2n) is 5.85. The number of nitrogens with zero attached hydrogens (tertiary/aromatic N) is 2. The number of amides is 1. The van der Waals surface area contributed by atoms with E-state index in [2.05, 4.69) is 29.8 Å². The summed E-state index contributed by atoms with van der Waals surface area (Å²) in [5.41, 5.74) is 2.15. The van der Waals surface area contributed by atoms with Gasteiger partial charge >= 0.3 is 0 Å². The van der Waals surface area contributed by atoms with E-state index in [0.717, 1.165) is 59.0 Å². The topological polar surface area (TPSA) is 46.9 Å². The summed E-state index contributed by atoms with van der Waals surface area (Å²) >= 11 is 1.51. The smallest absolute Gasteiger partial charge is 0.261 e. The summed E-state index contributed by atoms with van der Waals surface area (Å²) in [7, 11) is 0. The van der Waals surface area contributed by atoms with Crippen molar-refractivity contribution < 1.29 is 4.79 Å². The van der Waals surface area contributed by atoms with Gasteiger partial charge in [-0.05, 0) is 37.1 Å². The number of aromatic nitrogens is 2. The molecule has 2 aromatic heterocycles. The summed E-state index contributed by atoms with van der Waals surface area (Å²) in [5, 5.41) is 2.98. The van der Waals surface area contributed by atoms with Gasteiger partial charge in [-0.1, -0.05) is 32.4 Å². The molecule has 0 spiro atoms. The van der Waals surface area contributed by atoms with E-state index in [0.29, 0.717) is 0 Å². The number of para-hydroxylation sites is 2. The molecule has 0 aliphatic carbocycles. The first-order valence-corrected chi connectivity index (χ1v) is 9.40. The predicted octanol–water partition coefficient (Wildman–Crippen LogP) is 4.70. The molecule has 3 aromatic rings. The van der Waals surface area contributed by atoms with Crippen molar-refractivity contribution in [3.8, 4) is 10.7 Å². The molecule has 5 heteroatoms. The molecule has 24 heavy (non-hydrogen) atoms. The molecule has 126 valence electrons. The van der Waals surface area contributed by atoms with Gasteiger partial charge in [-0.2, -0.15) is 0 Å². The first-order valence-electron chi connectivity index (χ1n) is 8.58. The molecule has 4 nitrogen and oxygen atoms in total. The molecule has 2 heterocycles. The Morgan fingerprint density at radius 1 is 1.17 bits per heavy atom. The van der Waals surface area contributed by atoms with Crippen molar-refractivity contribution >= 4 is 28.3 Å². The molecule has 3 rings (SSSR count). The van der Waals surface area contributed by atoms with Crippen molar-refractivity contribution in [2.45, 2.75) is 39.7 Å². The fraction of sp³-hybridized carbons (Fsp3) is 0.368. The van der Waals surface area contributed by atoms with E-state index in [-0.39, 0.29) is 5.91 Å². The number of rotatable bonds is 7. The normalized spacial score (nSPS) is 11.1. The number of unbranched alkanes of at least 4 members (excludes halogenated alkanes) is 1. The maximum atomic E-state index is 12.2. The summed E-state index contributed by atoms with van der Waals surface area (Å²) < 4.78 is 2.25. The molecule has 0 saturated heterocycles. The lowest BCUT2D eigenvalue weighted by atomic mass is 10.3. The van der Waals surface area contributed by atoms with Crippen LogP contribution >= 0.6 is 11.3 Å². The zero-order valence-corrected chi connectivity index (χ0v) is 15.0. The molecule has 1 aromatic carbocycles. The summed E-state index contributed by atoms with van der Waals surface area (Å²) in [5.74, 6) is 0.966. The van der Waals surface area contributed by atoms with Gasteiger partial charge < -0.3 is 9.88 Å². The molecule has 0 unspecified atom stereocenters. The van der Waals surface area contributed by atoms with Crippen molar-refractivity contribution in [1.29, 1.82) is 0 Å². The van der Waals surface area contributed by atoms with E-state index in [4.69, 9.17) is 4.98 Å². The third-order valence-corrected chi connectivity index (χ3v) is 5.05. The summed E-state index contributed by atoms with van der Waals surface area (Å²) in [6.07, 6.45) is 3.14. The molecule has 0 aliphatic heterocycles. The molecular formula is C19H23N3OS. The lowest BCUT2D eigenvalue weighted by Crippen LogP contribution is -2.23. The molecule has 1 N–H and O–H groups in total. The number of nitrogens with one attached hydrogen (secondary N) is 1. The minimum Gasteiger partial charge on any atom is -0.351 e. The Balaban J connectivity index is 1.91. The number of carbonyl (C=O) groups excluding carboxylic acids is 1. The third-order valence-electron chi connectivity index (χ3n) is 3.97. The highest BCUT2D eigenvalue weighted by Gasteiger charge is 2.16. The van der Waals surface area contributed by atoms with Gasteiger partial charge in [0.05, 0.1) is 20.8 Å². The lowest BCUT2D eigenvalue weighted by Gasteiger charge is -2.06. The number of imidazole rings is 1. The van der Waals surface area contributed by atoms with Crippen molar-refractivity contribution in [2.24, 2.45) is 0 Å². The van der Waals surface area contributed by atoms with Crippen molar-refractivity contribution in [3.05, 3.63) is 41.3 Å². The van der Waals surface area contributed by atoms with Crippen LogP contribution in [0.5, 0.6) is 0 Å². The zero-order valence-electron chi connectivity index (χ0n) is 14.2. The first-order chi connectivity index (χ1) is 11.7. The van der Waals surface area contributed by atoms with Crippen LogP contribution in [0.1, 0.15) is 42.8 Å². The van der Waals surface area contributed by atoms with Gasteiger partial charge in [0.2, 0.25) is 0 Å². The fourth-order valence-corrected chi connectivity index (χ4v) is 3.68. The number of hydrogen-bond donors (Lipinski definition) is 1. The van der Waals surface area contributed by atoms with Gasteiger partial charge in [-0.15, -0.1) is 11.3 Å². The van der Waals surface area contributed by atoms with E-state index in [1.807, 2.05) is 30.3 Å². The van der Waals surface area contributed by atoms with Crippen molar-refractivity contribution in [3.63, 3.8) is 0 Å². The van der Waals surface area contributed by atoms with Crippen molar-refractivity contribution in [2.75, 3.05) is 6.54 Å². The average Bonchev–Trinajstić information content (AvgIpc) is 3.21. The Kier molecular flexibility index (Phi) is 5.30. The Morgan fingerprint density at radius 2 is 2.00 bits per heavy atom. The van der Waals surface area contributed by atoms with Crippen LogP contribution in [-0.4, -0.2) is 22.0 Å². The van der Waals surface area contributed by atoms with E-state index in [1.165, 1.54) is 11.3 Å². The SMILES string of the molecule is CCCCNC(=O)c1ccc(-c2nc3ccccc3n2CCC)s1. The molecule has 0 aliphatic rings. The van der Waals surface area contributed by atoms with Gasteiger partial charge in [0, 0.05) is 13.1 Å². The molecular weight excluding hydrogens is 318 g/mol. The molecule has 0 bridgehead atoms. The maximum Gasteiger partial charge on any atom is 0.261 e. The summed E-state index contributed by atoms with van der Waals surface area (Å²) in [6.45, 7) is 5.94. The Morgan fingerprint density at radius 3 is 2.79 bits per heavy atom. The minimum absolute atomic E-state index is 0.0119. The second-order valence-corrected chi connectivity index (χ2v) is 6.93. The third kappa shape index (κ3) is 3.36. The number of carbonyl (C=O) groups is 1. The minimum atomic E-state index is 0.0119. The van der Waals surface area contributed by atoms with Gasteiger partial charge in [0.15, 0.2) is 5.82 Å². The number of thiophene rings is 1. The molecule has 1 amide bonds. The largest absolute Gasteiger partial charge is 0.351 e. The van der Waals surface area contributed by atoms with Gasteiger partial charge in [-0.25, -0.2) is 4.98 Å². The standard InChI is InChI=1S/C19H23N3OS/c1-3-5-12-20-19(23)17-11-10-16(24-17)18-21-14-8-6-7-9-15(14)22(18)13-4-2/h6-11H,3-5,12-13H2,1-2H3,(H,20,23). The Hall–Kier alpha value is -2.14. The molecule has 0 saturated carbocycles. The second kappa shape index (κ2) is 7.62. The quantitative estimate of drug-likeness (QED) is 0.633. The number of benzene rings is 1. The zero-order chi connectivity index (χ0) is 16.9. The maximum absolute atomic E-state index is 12.2. The van der Waals surface area contributed by atoms with Crippen LogP contribution in [-0.2, 0) is 6.54 Å². The van der Waals surface area contributed by atoms with Crippen LogP contribution in [0.3, 0.4) is 0 Å². The highest BCUT2D eigenvalue weighted by Crippen LogP contribution is 2.30. The van der Waals surface area contributed by atoms with Gasteiger partial charge in [0.1, 0.15) is 0 Å². The fourth-order valence-electron chi connectivity index (χ4n) is 2.76. The first kappa shape index (κ1) is 16.7. The lowest BCUT2D eigenvalue weighted by molar-refractivity contribution is 0.0957. The Bertz CT molecular complexity index is 834.